The van der Waals surface area contributed by atoms with Gasteiger partial charge in [0, 0.05) is 31.1 Å². The van der Waals surface area contributed by atoms with Crippen molar-refractivity contribution in [2.24, 2.45) is 0 Å². The first kappa shape index (κ1) is 14.6. The van der Waals surface area contributed by atoms with Crippen molar-refractivity contribution in [3.63, 3.8) is 0 Å². The average molecular weight is 306 g/mol. The molecule has 0 aromatic heterocycles. The lowest BCUT2D eigenvalue weighted by Gasteiger charge is -2.13. The molecule has 1 aromatic rings. The lowest BCUT2D eigenvalue weighted by Crippen LogP contribution is -2.30. The fourth-order valence-electron chi connectivity index (χ4n) is 1.47. The largest absolute Gasteiger partial charge is 0.391 e. The topological polar surface area (TPSA) is 41.5 Å². The normalized spacial score (nSPS) is 12.7. The lowest BCUT2D eigenvalue weighted by atomic mass is 10.1. The molecular weight excluding hydrogens is 289 g/mol. The van der Waals surface area contributed by atoms with Crippen LogP contribution in [0, 0.1) is 5.82 Å². The molecule has 0 saturated carbocycles. The SMILES string of the molecule is COCCNCC(O)Cc1cc(F)ccc1Br. The molecule has 0 spiro atoms. The molecule has 1 rings (SSSR count). The summed E-state index contributed by atoms with van der Waals surface area (Å²) < 4.78 is 18.7. The van der Waals surface area contributed by atoms with Crippen molar-refractivity contribution < 1.29 is 14.2 Å². The molecule has 0 bridgehead atoms. The molecule has 1 unspecified atom stereocenters. The summed E-state index contributed by atoms with van der Waals surface area (Å²) in [6.07, 6.45) is -0.122. The Morgan fingerprint density at radius 3 is 3.00 bits per heavy atom. The quantitative estimate of drug-likeness (QED) is 0.754. The first-order chi connectivity index (χ1) is 8.13. The minimum Gasteiger partial charge on any atom is -0.391 e. The van der Waals surface area contributed by atoms with Crippen LogP contribution in [0.25, 0.3) is 0 Å². The second kappa shape index (κ2) is 7.76. The fourth-order valence-corrected chi connectivity index (χ4v) is 1.88. The minimum absolute atomic E-state index is 0.289. The summed E-state index contributed by atoms with van der Waals surface area (Å²) >= 11 is 3.33. The predicted octanol–water partition coefficient (Wildman–Crippen LogP) is 1.73. The number of aliphatic hydroxyl groups is 1. The Morgan fingerprint density at radius 2 is 2.29 bits per heavy atom. The number of nitrogens with one attached hydrogen (secondary N) is 1. The van der Waals surface area contributed by atoms with Crippen molar-refractivity contribution in [3.05, 3.63) is 34.1 Å². The summed E-state index contributed by atoms with van der Waals surface area (Å²) in [6.45, 7) is 1.76. The summed E-state index contributed by atoms with van der Waals surface area (Å²) in [7, 11) is 1.63. The van der Waals surface area contributed by atoms with Gasteiger partial charge in [-0.2, -0.15) is 0 Å². The maximum atomic E-state index is 13.0. The molecule has 0 heterocycles. The summed E-state index contributed by atoms with van der Waals surface area (Å²) in [4.78, 5) is 0. The first-order valence-electron chi connectivity index (χ1n) is 5.45. The molecule has 0 amide bonds. The van der Waals surface area contributed by atoms with Crippen molar-refractivity contribution in [2.45, 2.75) is 12.5 Å². The monoisotopic (exact) mass is 305 g/mol. The van der Waals surface area contributed by atoms with Crippen molar-refractivity contribution in [1.29, 1.82) is 0 Å². The Kier molecular flexibility index (Phi) is 6.65. The zero-order valence-corrected chi connectivity index (χ0v) is 11.3. The van der Waals surface area contributed by atoms with Gasteiger partial charge in [0.25, 0.3) is 0 Å². The van der Waals surface area contributed by atoms with Gasteiger partial charge in [-0.15, -0.1) is 0 Å². The van der Waals surface area contributed by atoms with Crippen LogP contribution >= 0.6 is 15.9 Å². The molecule has 3 nitrogen and oxygen atoms in total. The van der Waals surface area contributed by atoms with E-state index in [4.69, 9.17) is 4.74 Å². The van der Waals surface area contributed by atoms with Gasteiger partial charge in [0.2, 0.25) is 0 Å². The highest BCUT2D eigenvalue weighted by Gasteiger charge is 2.08. The molecule has 1 aromatic carbocycles. The zero-order valence-electron chi connectivity index (χ0n) is 9.75. The van der Waals surface area contributed by atoms with Crippen molar-refractivity contribution in [1.82, 2.24) is 5.32 Å². The van der Waals surface area contributed by atoms with Crippen molar-refractivity contribution in [2.75, 3.05) is 26.8 Å². The Labute approximate surface area is 109 Å². The fraction of sp³-hybridized carbons (Fsp3) is 0.500. The van der Waals surface area contributed by atoms with E-state index in [1.54, 1.807) is 13.2 Å². The van der Waals surface area contributed by atoms with Crippen LogP contribution in [-0.4, -0.2) is 38.0 Å². The van der Waals surface area contributed by atoms with Gasteiger partial charge < -0.3 is 15.2 Å². The molecule has 5 heteroatoms. The molecule has 96 valence electrons. The standard InChI is InChI=1S/C12H17BrFNO2/c1-17-5-4-15-8-11(16)7-9-6-10(14)2-3-12(9)13/h2-3,6,11,15-16H,4-5,7-8H2,1H3. The zero-order chi connectivity index (χ0) is 12.7. The van der Waals surface area contributed by atoms with E-state index in [0.717, 1.165) is 10.0 Å². The number of aliphatic hydroxyl groups excluding tert-OH is 1. The Bertz CT molecular complexity index is 349. The smallest absolute Gasteiger partial charge is 0.123 e. The van der Waals surface area contributed by atoms with Crippen LogP contribution in [0.15, 0.2) is 22.7 Å². The summed E-state index contributed by atoms with van der Waals surface area (Å²) in [5, 5.41) is 12.8. The second-order valence-corrected chi connectivity index (χ2v) is 4.64. The van der Waals surface area contributed by atoms with Gasteiger partial charge in [-0.05, 0) is 23.8 Å². The Hall–Kier alpha value is -0.490. The van der Waals surface area contributed by atoms with E-state index in [2.05, 4.69) is 21.2 Å². The van der Waals surface area contributed by atoms with E-state index in [-0.39, 0.29) is 5.82 Å². The number of ether oxygens (including phenoxy) is 1. The van der Waals surface area contributed by atoms with Crippen LogP contribution in [0.5, 0.6) is 0 Å². The van der Waals surface area contributed by atoms with Gasteiger partial charge in [0.15, 0.2) is 0 Å². The molecule has 0 aliphatic heterocycles. The third kappa shape index (κ3) is 5.59. The number of hydrogen-bond donors (Lipinski definition) is 2. The summed E-state index contributed by atoms with van der Waals surface area (Å²) in [5.41, 5.74) is 0.769. The molecule has 2 N–H and O–H groups in total. The van der Waals surface area contributed by atoms with Crippen molar-refractivity contribution >= 4 is 15.9 Å². The van der Waals surface area contributed by atoms with Gasteiger partial charge in [0.05, 0.1) is 12.7 Å². The average Bonchev–Trinajstić information content (AvgIpc) is 2.29. The van der Waals surface area contributed by atoms with Gasteiger partial charge in [-0.25, -0.2) is 4.39 Å². The Balaban J connectivity index is 2.39. The highest BCUT2D eigenvalue weighted by Crippen LogP contribution is 2.19. The van der Waals surface area contributed by atoms with Crippen LogP contribution in [0.2, 0.25) is 0 Å². The van der Waals surface area contributed by atoms with Gasteiger partial charge in [-0.1, -0.05) is 15.9 Å². The van der Waals surface area contributed by atoms with E-state index in [1.807, 2.05) is 0 Å². The summed E-state index contributed by atoms with van der Waals surface area (Å²) in [6, 6.07) is 4.47. The van der Waals surface area contributed by atoms with Gasteiger partial charge in [0.1, 0.15) is 5.82 Å². The van der Waals surface area contributed by atoms with E-state index < -0.39 is 6.10 Å². The van der Waals surface area contributed by atoms with Crippen molar-refractivity contribution in [3.8, 4) is 0 Å². The number of rotatable bonds is 7. The molecule has 0 saturated heterocycles. The maximum absolute atomic E-state index is 13.0. The molecular formula is C12H17BrFNO2. The first-order valence-corrected chi connectivity index (χ1v) is 6.24. The van der Waals surface area contributed by atoms with E-state index in [0.29, 0.717) is 26.1 Å². The lowest BCUT2D eigenvalue weighted by molar-refractivity contribution is 0.159. The van der Waals surface area contributed by atoms with Crippen LogP contribution in [-0.2, 0) is 11.2 Å². The van der Waals surface area contributed by atoms with E-state index in [1.165, 1.54) is 12.1 Å². The van der Waals surface area contributed by atoms with Crippen LogP contribution in [0.4, 0.5) is 4.39 Å². The number of benzene rings is 1. The number of halogens is 2. The molecule has 0 aliphatic rings. The van der Waals surface area contributed by atoms with E-state index in [9.17, 15) is 9.50 Å². The number of hydrogen-bond acceptors (Lipinski definition) is 3. The molecule has 1 atom stereocenters. The highest BCUT2D eigenvalue weighted by molar-refractivity contribution is 9.10. The minimum atomic E-state index is -0.537. The van der Waals surface area contributed by atoms with Crippen LogP contribution in [0.1, 0.15) is 5.56 Å². The molecule has 17 heavy (non-hydrogen) atoms. The second-order valence-electron chi connectivity index (χ2n) is 3.79. The third-order valence-electron chi connectivity index (χ3n) is 2.33. The molecule has 0 aliphatic carbocycles. The molecule has 0 fully saturated rings. The number of methoxy groups -OCH3 is 1. The highest BCUT2D eigenvalue weighted by atomic mass is 79.9. The van der Waals surface area contributed by atoms with Gasteiger partial charge >= 0.3 is 0 Å². The van der Waals surface area contributed by atoms with E-state index >= 15 is 0 Å². The van der Waals surface area contributed by atoms with Crippen LogP contribution < -0.4 is 5.32 Å². The van der Waals surface area contributed by atoms with Crippen LogP contribution in [0.3, 0.4) is 0 Å². The third-order valence-corrected chi connectivity index (χ3v) is 3.10. The predicted molar refractivity (Wildman–Crippen MR) is 68.6 cm³/mol. The maximum Gasteiger partial charge on any atom is 0.123 e. The van der Waals surface area contributed by atoms with Gasteiger partial charge in [-0.3, -0.25) is 0 Å². The Morgan fingerprint density at radius 1 is 1.53 bits per heavy atom. The summed E-state index contributed by atoms with van der Waals surface area (Å²) in [5.74, 6) is -0.289. The molecule has 0 radical (unpaired) electrons.